The molecule has 1 fully saturated rings. The minimum atomic E-state index is -0.0939. The van der Waals surface area contributed by atoms with Crippen LogP contribution in [0.15, 0.2) is 4.99 Å². The molecule has 128 valence electrons. The molecular weight excluding hydrogens is 312 g/mol. The molecule has 1 aliphatic heterocycles. The maximum absolute atomic E-state index is 11.6. The zero-order valence-corrected chi connectivity index (χ0v) is 15.2. The number of carbonyl (C=O) groups excluding carboxylic acids is 1. The second-order valence-electron chi connectivity index (χ2n) is 5.75. The summed E-state index contributed by atoms with van der Waals surface area (Å²) in [6.45, 7) is 6.60. The smallest absolute Gasteiger partial charge is 0.308 e. The molecule has 1 aromatic heterocycles. The van der Waals surface area contributed by atoms with Gasteiger partial charge in [-0.1, -0.05) is 0 Å². The zero-order chi connectivity index (χ0) is 16.8. The average molecular weight is 338 g/mol. The molecular formula is C16H26N4O2S. The van der Waals surface area contributed by atoms with Crippen molar-refractivity contribution in [2.45, 2.75) is 33.1 Å². The number of aliphatic imine (C=N–C) groups is 1. The van der Waals surface area contributed by atoms with Crippen LogP contribution in [0.25, 0.3) is 0 Å². The number of hydrogen-bond donors (Lipinski definition) is 1. The summed E-state index contributed by atoms with van der Waals surface area (Å²) in [5.74, 6) is 0.841. The number of thiazole rings is 1. The highest BCUT2D eigenvalue weighted by Crippen LogP contribution is 2.19. The van der Waals surface area contributed by atoms with Gasteiger partial charge in [0, 0.05) is 38.0 Å². The number of nitrogens with one attached hydrogen (secondary N) is 1. The van der Waals surface area contributed by atoms with Crippen LogP contribution in [0.2, 0.25) is 0 Å². The number of likely N-dealkylation sites (tertiary alicyclic amines) is 1. The standard InChI is InChI=1S/C16H26N4O2S/c1-11-14(23-12(2)19-11)5-8-18-16(17-3)20-9-6-13(7-10-20)15(21)22-4/h13H,5-10H2,1-4H3,(H,17,18). The third kappa shape index (κ3) is 4.67. The number of rotatable bonds is 4. The van der Waals surface area contributed by atoms with Crippen LogP contribution in [-0.4, -0.2) is 55.6 Å². The maximum Gasteiger partial charge on any atom is 0.308 e. The molecule has 2 rings (SSSR count). The van der Waals surface area contributed by atoms with E-state index in [1.54, 1.807) is 18.4 Å². The Labute approximate surface area is 142 Å². The van der Waals surface area contributed by atoms with E-state index in [2.05, 4.69) is 27.1 Å². The first-order valence-electron chi connectivity index (χ1n) is 8.01. The molecule has 0 atom stereocenters. The minimum absolute atomic E-state index is 0.0252. The number of hydrogen-bond acceptors (Lipinski definition) is 5. The first kappa shape index (κ1) is 17.7. The summed E-state index contributed by atoms with van der Waals surface area (Å²) < 4.78 is 4.83. The Bertz CT molecular complexity index is 562. The molecule has 0 radical (unpaired) electrons. The van der Waals surface area contributed by atoms with Crippen molar-refractivity contribution in [2.24, 2.45) is 10.9 Å². The van der Waals surface area contributed by atoms with Crippen molar-refractivity contribution < 1.29 is 9.53 Å². The lowest BCUT2D eigenvalue weighted by Gasteiger charge is -2.33. The number of nitrogens with zero attached hydrogens (tertiary/aromatic N) is 3. The average Bonchev–Trinajstić information content (AvgIpc) is 2.88. The first-order valence-corrected chi connectivity index (χ1v) is 8.83. The number of ether oxygens (including phenoxy) is 1. The fourth-order valence-electron chi connectivity index (χ4n) is 2.92. The fourth-order valence-corrected chi connectivity index (χ4v) is 3.86. The molecule has 1 aliphatic rings. The van der Waals surface area contributed by atoms with Crippen LogP contribution in [0, 0.1) is 19.8 Å². The van der Waals surface area contributed by atoms with Gasteiger partial charge >= 0.3 is 5.97 Å². The normalized spacial score (nSPS) is 16.5. The highest BCUT2D eigenvalue weighted by molar-refractivity contribution is 7.11. The van der Waals surface area contributed by atoms with Crippen molar-refractivity contribution in [3.05, 3.63) is 15.6 Å². The molecule has 0 bridgehead atoms. The van der Waals surface area contributed by atoms with E-state index in [0.29, 0.717) is 0 Å². The third-order valence-electron chi connectivity index (χ3n) is 4.18. The van der Waals surface area contributed by atoms with E-state index in [4.69, 9.17) is 4.74 Å². The molecule has 0 aliphatic carbocycles. The van der Waals surface area contributed by atoms with Gasteiger partial charge in [0.25, 0.3) is 0 Å². The first-order chi connectivity index (χ1) is 11.0. The van der Waals surface area contributed by atoms with Gasteiger partial charge in [-0.25, -0.2) is 4.98 Å². The van der Waals surface area contributed by atoms with E-state index in [-0.39, 0.29) is 11.9 Å². The number of aryl methyl sites for hydroxylation is 2. The molecule has 0 aromatic carbocycles. The second kappa shape index (κ2) is 8.29. The predicted molar refractivity (Wildman–Crippen MR) is 93.0 cm³/mol. The van der Waals surface area contributed by atoms with Crippen molar-refractivity contribution in [3.63, 3.8) is 0 Å². The van der Waals surface area contributed by atoms with Crippen LogP contribution >= 0.6 is 11.3 Å². The van der Waals surface area contributed by atoms with Crippen LogP contribution in [0.1, 0.15) is 28.4 Å². The number of aromatic nitrogens is 1. The zero-order valence-electron chi connectivity index (χ0n) is 14.4. The summed E-state index contributed by atoms with van der Waals surface area (Å²) in [5, 5.41) is 4.54. The van der Waals surface area contributed by atoms with Gasteiger partial charge in [0.2, 0.25) is 0 Å². The Balaban J connectivity index is 1.80. The summed E-state index contributed by atoms with van der Waals surface area (Å²) in [4.78, 5) is 23.9. The fraction of sp³-hybridized carbons (Fsp3) is 0.688. The molecule has 1 aromatic rings. The highest BCUT2D eigenvalue weighted by Gasteiger charge is 2.26. The van der Waals surface area contributed by atoms with Crippen molar-refractivity contribution in [1.82, 2.24) is 15.2 Å². The van der Waals surface area contributed by atoms with E-state index in [9.17, 15) is 4.79 Å². The van der Waals surface area contributed by atoms with Gasteiger partial charge in [0.1, 0.15) is 0 Å². The van der Waals surface area contributed by atoms with Crippen LogP contribution in [0.4, 0.5) is 0 Å². The molecule has 1 saturated heterocycles. The van der Waals surface area contributed by atoms with Gasteiger partial charge in [-0.2, -0.15) is 0 Å². The number of methoxy groups -OCH3 is 1. The maximum atomic E-state index is 11.6. The van der Waals surface area contributed by atoms with Crippen LogP contribution < -0.4 is 5.32 Å². The van der Waals surface area contributed by atoms with E-state index in [0.717, 1.165) is 55.6 Å². The van der Waals surface area contributed by atoms with Crippen LogP contribution in [0.5, 0.6) is 0 Å². The van der Waals surface area contributed by atoms with Crippen LogP contribution in [-0.2, 0) is 16.0 Å². The van der Waals surface area contributed by atoms with Crippen LogP contribution in [0.3, 0.4) is 0 Å². The molecule has 6 nitrogen and oxygen atoms in total. The Kier molecular flexibility index (Phi) is 6.38. The van der Waals surface area contributed by atoms with Crippen molar-refractivity contribution in [1.29, 1.82) is 0 Å². The van der Waals surface area contributed by atoms with E-state index < -0.39 is 0 Å². The molecule has 0 spiro atoms. The topological polar surface area (TPSA) is 66.8 Å². The highest BCUT2D eigenvalue weighted by atomic mass is 32.1. The van der Waals surface area contributed by atoms with Gasteiger partial charge in [0.15, 0.2) is 5.96 Å². The van der Waals surface area contributed by atoms with Gasteiger partial charge in [-0.05, 0) is 26.7 Å². The summed E-state index contributed by atoms with van der Waals surface area (Å²) in [5.41, 5.74) is 1.13. The lowest BCUT2D eigenvalue weighted by atomic mass is 9.97. The monoisotopic (exact) mass is 338 g/mol. The number of guanidine groups is 1. The Morgan fingerprint density at radius 3 is 2.65 bits per heavy atom. The Morgan fingerprint density at radius 2 is 2.13 bits per heavy atom. The quantitative estimate of drug-likeness (QED) is 0.515. The van der Waals surface area contributed by atoms with Crippen molar-refractivity contribution in [2.75, 3.05) is 33.8 Å². The number of esters is 1. The Morgan fingerprint density at radius 1 is 1.43 bits per heavy atom. The summed E-state index contributed by atoms with van der Waals surface area (Å²) in [6.07, 6.45) is 2.59. The lowest BCUT2D eigenvalue weighted by molar-refractivity contribution is -0.146. The molecule has 23 heavy (non-hydrogen) atoms. The molecule has 1 N–H and O–H groups in total. The van der Waals surface area contributed by atoms with Gasteiger partial charge in [0.05, 0.1) is 23.7 Å². The van der Waals surface area contributed by atoms with Crippen molar-refractivity contribution in [3.8, 4) is 0 Å². The minimum Gasteiger partial charge on any atom is -0.469 e. The number of piperidine rings is 1. The Hall–Kier alpha value is -1.63. The van der Waals surface area contributed by atoms with E-state index in [1.165, 1.54) is 12.0 Å². The van der Waals surface area contributed by atoms with Gasteiger partial charge in [-0.3, -0.25) is 9.79 Å². The van der Waals surface area contributed by atoms with E-state index >= 15 is 0 Å². The summed E-state index contributed by atoms with van der Waals surface area (Å²) in [7, 11) is 3.26. The molecule has 2 heterocycles. The number of carbonyl (C=O) groups is 1. The molecule has 7 heteroatoms. The van der Waals surface area contributed by atoms with Gasteiger partial charge in [-0.15, -0.1) is 11.3 Å². The summed E-state index contributed by atoms with van der Waals surface area (Å²) in [6, 6.07) is 0. The lowest BCUT2D eigenvalue weighted by Crippen LogP contribution is -2.47. The van der Waals surface area contributed by atoms with E-state index in [1.807, 2.05) is 6.92 Å². The molecule has 0 saturated carbocycles. The predicted octanol–water partition coefficient (Wildman–Crippen LogP) is 1.76. The second-order valence-corrected chi connectivity index (χ2v) is 7.04. The van der Waals surface area contributed by atoms with Gasteiger partial charge < -0.3 is 15.0 Å². The molecule has 0 amide bonds. The summed E-state index contributed by atoms with van der Waals surface area (Å²) >= 11 is 1.76. The third-order valence-corrected chi connectivity index (χ3v) is 5.31. The van der Waals surface area contributed by atoms with Crippen molar-refractivity contribution >= 4 is 23.3 Å². The SMILES string of the molecule is CN=C(NCCc1sc(C)nc1C)N1CCC(C(=O)OC)CC1. The largest absolute Gasteiger partial charge is 0.469 e. The molecule has 0 unspecified atom stereocenters.